The third kappa shape index (κ3) is 3.48. The van der Waals surface area contributed by atoms with Crippen molar-refractivity contribution >= 4 is 22.5 Å². The first-order valence-corrected chi connectivity index (χ1v) is 8.60. The number of nitrogens with zero attached hydrogens (tertiary/aromatic N) is 1. The molecule has 0 saturated heterocycles. The van der Waals surface area contributed by atoms with Crippen LogP contribution < -0.4 is 10.9 Å². The highest BCUT2D eigenvalue weighted by atomic mass is 16.2. The van der Waals surface area contributed by atoms with Crippen molar-refractivity contribution < 1.29 is 4.79 Å². The molecule has 5 heteroatoms. The van der Waals surface area contributed by atoms with Crippen molar-refractivity contribution in [3.63, 3.8) is 0 Å². The minimum absolute atomic E-state index is 0.160. The van der Waals surface area contributed by atoms with Crippen molar-refractivity contribution in [2.45, 2.75) is 5.92 Å². The van der Waals surface area contributed by atoms with Gasteiger partial charge in [0.25, 0.3) is 5.56 Å². The average molecular weight is 355 g/mol. The number of nitrogens with one attached hydrogen (secondary N) is 2. The predicted octanol–water partition coefficient (Wildman–Crippen LogP) is 3.69. The van der Waals surface area contributed by atoms with E-state index in [0.29, 0.717) is 16.6 Å². The van der Waals surface area contributed by atoms with Gasteiger partial charge >= 0.3 is 0 Å². The number of hydrogen-bond donors (Lipinski definition) is 2. The maximum absolute atomic E-state index is 13.1. The van der Waals surface area contributed by atoms with Crippen LogP contribution in [-0.4, -0.2) is 15.9 Å². The Kier molecular flexibility index (Phi) is 4.49. The molecule has 1 aromatic heterocycles. The highest BCUT2D eigenvalue weighted by Crippen LogP contribution is 2.26. The summed E-state index contributed by atoms with van der Waals surface area (Å²) in [5.74, 6) is -0.609. The lowest BCUT2D eigenvalue weighted by Gasteiger charge is -2.18. The number of fused-ring (bicyclic) bond motifs is 1. The van der Waals surface area contributed by atoms with Crippen molar-refractivity contribution in [1.82, 2.24) is 9.97 Å². The van der Waals surface area contributed by atoms with Gasteiger partial charge in [-0.1, -0.05) is 60.7 Å². The topological polar surface area (TPSA) is 74.8 Å². The minimum Gasteiger partial charge on any atom is -0.325 e. The summed E-state index contributed by atoms with van der Waals surface area (Å²) in [5.41, 5.74) is 2.71. The van der Waals surface area contributed by atoms with Crippen LogP contribution in [0.25, 0.3) is 10.9 Å². The van der Waals surface area contributed by atoms with E-state index in [2.05, 4.69) is 15.3 Å². The molecule has 1 heterocycles. The summed E-state index contributed by atoms with van der Waals surface area (Å²) >= 11 is 0. The van der Waals surface area contributed by atoms with Gasteiger partial charge in [0.15, 0.2) is 0 Å². The average Bonchev–Trinajstić information content (AvgIpc) is 2.70. The van der Waals surface area contributed by atoms with Gasteiger partial charge in [-0.05, 0) is 29.3 Å². The van der Waals surface area contributed by atoms with Gasteiger partial charge in [0.05, 0.1) is 23.1 Å². The fraction of sp³-hybridized carbons (Fsp3) is 0.0455. The quantitative estimate of drug-likeness (QED) is 0.586. The summed E-state index contributed by atoms with van der Waals surface area (Å²) in [7, 11) is 0. The van der Waals surface area contributed by atoms with Crippen LogP contribution in [-0.2, 0) is 4.79 Å². The first kappa shape index (κ1) is 16.7. The van der Waals surface area contributed by atoms with Crippen LogP contribution in [0.2, 0.25) is 0 Å². The third-order valence-corrected chi connectivity index (χ3v) is 4.44. The highest BCUT2D eigenvalue weighted by Gasteiger charge is 2.22. The van der Waals surface area contributed by atoms with Crippen molar-refractivity contribution in [1.29, 1.82) is 0 Å². The molecule has 0 bridgehead atoms. The van der Waals surface area contributed by atoms with E-state index in [1.807, 2.05) is 60.7 Å². The van der Waals surface area contributed by atoms with Crippen LogP contribution in [0.4, 0.5) is 5.69 Å². The number of amides is 1. The second kappa shape index (κ2) is 7.25. The third-order valence-electron chi connectivity index (χ3n) is 4.44. The molecular weight excluding hydrogens is 338 g/mol. The van der Waals surface area contributed by atoms with Gasteiger partial charge in [-0.3, -0.25) is 9.59 Å². The molecule has 0 unspecified atom stereocenters. The van der Waals surface area contributed by atoms with E-state index in [9.17, 15) is 9.59 Å². The zero-order valence-corrected chi connectivity index (χ0v) is 14.4. The Morgan fingerprint density at radius 1 is 0.889 bits per heavy atom. The summed E-state index contributed by atoms with van der Waals surface area (Å²) < 4.78 is 0. The number of carbonyl (C=O) groups excluding carboxylic acids is 1. The summed E-state index contributed by atoms with van der Waals surface area (Å²) in [6.45, 7) is 0. The van der Waals surface area contributed by atoms with Crippen LogP contribution in [0, 0.1) is 0 Å². The molecular formula is C22H17N3O2. The fourth-order valence-electron chi connectivity index (χ4n) is 3.15. The molecule has 0 fully saturated rings. The van der Waals surface area contributed by atoms with Gasteiger partial charge in [0, 0.05) is 5.69 Å². The molecule has 5 nitrogen and oxygen atoms in total. The molecule has 0 atom stereocenters. The van der Waals surface area contributed by atoms with Crippen molar-refractivity contribution in [2.75, 3.05) is 5.32 Å². The van der Waals surface area contributed by atoms with E-state index in [-0.39, 0.29) is 11.5 Å². The SMILES string of the molecule is O=C(Nc1ccc2nc[nH]c(=O)c2c1)C(c1ccccc1)c1ccccc1. The minimum atomic E-state index is -0.449. The Hall–Kier alpha value is -3.73. The summed E-state index contributed by atoms with van der Waals surface area (Å²) in [5, 5.41) is 3.38. The van der Waals surface area contributed by atoms with Crippen LogP contribution in [0.1, 0.15) is 17.0 Å². The molecule has 1 amide bonds. The number of aromatic nitrogens is 2. The monoisotopic (exact) mass is 355 g/mol. The van der Waals surface area contributed by atoms with Gasteiger partial charge in [0.1, 0.15) is 0 Å². The van der Waals surface area contributed by atoms with E-state index in [1.165, 1.54) is 6.33 Å². The number of carbonyl (C=O) groups is 1. The molecule has 0 saturated carbocycles. The largest absolute Gasteiger partial charge is 0.325 e. The van der Waals surface area contributed by atoms with Crippen molar-refractivity contribution in [3.8, 4) is 0 Å². The number of aromatic amines is 1. The number of H-pyrrole nitrogens is 1. The Morgan fingerprint density at radius 2 is 1.52 bits per heavy atom. The fourth-order valence-corrected chi connectivity index (χ4v) is 3.15. The second-order valence-electron chi connectivity index (χ2n) is 6.21. The van der Waals surface area contributed by atoms with Crippen molar-refractivity contribution in [2.24, 2.45) is 0 Å². The molecule has 0 radical (unpaired) electrons. The summed E-state index contributed by atoms with van der Waals surface area (Å²) in [6.07, 6.45) is 1.36. The predicted molar refractivity (Wildman–Crippen MR) is 106 cm³/mol. The number of hydrogen-bond acceptors (Lipinski definition) is 3. The van der Waals surface area contributed by atoms with Crippen LogP contribution in [0.3, 0.4) is 0 Å². The van der Waals surface area contributed by atoms with E-state index < -0.39 is 5.92 Å². The summed E-state index contributed by atoms with van der Waals surface area (Å²) in [4.78, 5) is 31.8. The lowest BCUT2D eigenvalue weighted by molar-refractivity contribution is -0.116. The first-order chi connectivity index (χ1) is 13.2. The Bertz CT molecular complexity index is 1100. The number of rotatable bonds is 4. The van der Waals surface area contributed by atoms with Crippen LogP contribution >= 0.6 is 0 Å². The molecule has 4 rings (SSSR count). The molecule has 4 aromatic rings. The maximum atomic E-state index is 13.1. The van der Waals surface area contributed by atoms with Gasteiger partial charge in [-0.2, -0.15) is 0 Å². The van der Waals surface area contributed by atoms with Gasteiger partial charge in [-0.25, -0.2) is 4.98 Å². The molecule has 0 spiro atoms. The smallest absolute Gasteiger partial charge is 0.258 e. The van der Waals surface area contributed by atoms with Crippen LogP contribution in [0.15, 0.2) is 90.0 Å². The van der Waals surface area contributed by atoms with Gasteiger partial charge < -0.3 is 10.3 Å². The Labute approximate surface area is 155 Å². The molecule has 27 heavy (non-hydrogen) atoms. The second-order valence-corrected chi connectivity index (χ2v) is 6.21. The highest BCUT2D eigenvalue weighted by molar-refractivity contribution is 5.99. The molecule has 0 aliphatic heterocycles. The molecule has 132 valence electrons. The standard InChI is InChI=1S/C22H17N3O2/c26-21-18-13-17(11-12-19(18)23-14-24-21)25-22(27)20(15-7-3-1-4-8-15)16-9-5-2-6-10-16/h1-14,20H,(H,25,27)(H,23,24,26). The molecule has 0 aliphatic rings. The van der Waals surface area contributed by atoms with E-state index >= 15 is 0 Å². The van der Waals surface area contributed by atoms with Crippen molar-refractivity contribution in [3.05, 3.63) is 107 Å². The van der Waals surface area contributed by atoms with Gasteiger partial charge in [0.2, 0.25) is 5.91 Å². The number of anilines is 1. The zero-order chi connectivity index (χ0) is 18.6. The first-order valence-electron chi connectivity index (χ1n) is 8.60. The summed E-state index contributed by atoms with van der Waals surface area (Å²) in [6, 6.07) is 24.4. The van der Waals surface area contributed by atoms with Crippen LogP contribution in [0.5, 0.6) is 0 Å². The normalized spacial score (nSPS) is 10.9. The lowest BCUT2D eigenvalue weighted by atomic mass is 9.90. The molecule has 3 aromatic carbocycles. The van der Waals surface area contributed by atoms with E-state index in [0.717, 1.165) is 11.1 Å². The zero-order valence-electron chi connectivity index (χ0n) is 14.4. The Morgan fingerprint density at radius 3 is 2.15 bits per heavy atom. The maximum Gasteiger partial charge on any atom is 0.258 e. The number of benzene rings is 3. The van der Waals surface area contributed by atoms with E-state index in [1.54, 1.807) is 18.2 Å². The molecule has 2 N–H and O–H groups in total. The van der Waals surface area contributed by atoms with Gasteiger partial charge in [-0.15, -0.1) is 0 Å². The molecule has 0 aliphatic carbocycles. The Balaban J connectivity index is 1.70. The lowest BCUT2D eigenvalue weighted by Crippen LogP contribution is -2.22. The van der Waals surface area contributed by atoms with E-state index in [4.69, 9.17) is 0 Å².